The molecule has 1 aromatic carbocycles. The molecular weight excluding hydrogens is 320 g/mol. The van der Waals surface area contributed by atoms with E-state index in [0.717, 1.165) is 13.1 Å². The van der Waals surface area contributed by atoms with Gasteiger partial charge in [-0.15, -0.1) is 0 Å². The maximum atomic E-state index is 12.7. The van der Waals surface area contributed by atoms with E-state index in [1.54, 1.807) is 24.3 Å². The number of nitrogens with one attached hydrogen (secondary N) is 1. The molecule has 1 aliphatic heterocycles. The highest BCUT2D eigenvalue weighted by Crippen LogP contribution is 2.18. The van der Waals surface area contributed by atoms with E-state index in [0.29, 0.717) is 35.5 Å². The molecule has 0 spiro atoms. The van der Waals surface area contributed by atoms with Crippen molar-refractivity contribution in [3.05, 3.63) is 41.5 Å². The molecule has 7 nitrogen and oxygen atoms in total. The molecule has 0 bridgehead atoms. The van der Waals surface area contributed by atoms with Gasteiger partial charge in [0.25, 0.3) is 5.91 Å². The fourth-order valence-electron chi connectivity index (χ4n) is 2.84. The standard InChI is InChI=1S/C18H24N4O3/c1-4-17-20-16(21-25-17)11-24-15-7-5-14(6-8-15)18(23)22-10-9-19-12(2)13(22)3/h5-8,12-13,19H,4,9-11H2,1-3H3. The molecule has 3 rings (SSSR count). The van der Waals surface area contributed by atoms with E-state index < -0.39 is 0 Å². The lowest BCUT2D eigenvalue weighted by Crippen LogP contribution is -2.57. The van der Waals surface area contributed by atoms with Gasteiger partial charge in [-0.3, -0.25) is 4.79 Å². The molecule has 1 saturated heterocycles. The topological polar surface area (TPSA) is 80.5 Å². The summed E-state index contributed by atoms with van der Waals surface area (Å²) in [5.74, 6) is 1.83. The largest absolute Gasteiger partial charge is 0.485 e. The number of aromatic nitrogens is 2. The quantitative estimate of drug-likeness (QED) is 0.894. The minimum atomic E-state index is 0.0538. The maximum Gasteiger partial charge on any atom is 0.254 e. The lowest BCUT2D eigenvalue weighted by atomic mass is 10.1. The van der Waals surface area contributed by atoms with Crippen LogP contribution in [-0.4, -0.2) is 46.1 Å². The average molecular weight is 344 g/mol. The van der Waals surface area contributed by atoms with Gasteiger partial charge in [0.1, 0.15) is 5.75 Å². The van der Waals surface area contributed by atoms with Crippen molar-refractivity contribution in [1.29, 1.82) is 0 Å². The van der Waals surface area contributed by atoms with Crippen LogP contribution >= 0.6 is 0 Å². The first-order valence-corrected chi connectivity index (χ1v) is 8.67. The minimum absolute atomic E-state index is 0.0538. The Bertz CT molecular complexity index is 713. The van der Waals surface area contributed by atoms with E-state index in [4.69, 9.17) is 9.26 Å². The van der Waals surface area contributed by atoms with Crippen LogP contribution in [0.25, 0.3) is 0 Å². The molecule has 25 heavy (non-hydrogen) atoms. The zero-order valence-electron chi connectivity index (χ0n) is 14.9. The van der Waals surface area contributed by atoms with E-state index in [1.807, 2.05) is 11.8 Å². The Labute approximate surface area is 147 Å². The monoisotopic (exact) mass is 344 g/mol. The van der Waals surface area contributed by atoms with Gasteiger partial charge in [0.05, 0.1) is 0 Å². The van der Waals surface area contributed by atoms with Crippen LogP contribution in [0.3, 0.4) is 0 Å². The lowest BCUT2D eigenvalue weighted by molar-refractivity contribution is 0.0603. The number of hydrogen-bond donors (Lipinski definition) is 1. The normalized spacial score (nSPS) is 20.5. The van der Waals surface area contributed by atoms with Crippen LogP contribution in [0.15, 0.2) is 28.8 Å². The molecule has 1 fully saturated rings. The average Bonchev–Trinajstić information content (AvgIpc) is 3.10. The number of ether oxygens (including phenoxy) is 1. The Morgan fingerprint density at radius 3 is 2.80 bits per heavy atom. The molecule has 0 aliphatic carbocycles. The maximum absolute atomic E-state index is 12.7. The van der Waals surface area contributed by atoms with Crippen LogP contribution in [-0.2, 0) is 13.0 Å². The van der Waals surface area contributed by atoms with Gasteiger partial charge in [-0.25, -0.2) is 0 Å². The first kappa shape index (κ1) is 17.4. The van der Waals surface area contributed by atoms with Crippen molar-refractivity contribution in [2.45, 2.75) is 45.9 Å². The van der Waals surface area contributed by atoms with Crippen molar-refractivity contribution in [3.8, 4) is 5.75 Å². The van der Waals surface area contributed by atoms with Crippen molar-refractivity contribution in [3.63, 3.8) is 0 Å². The smallest absolute Gasteiger partial charge is 0.254 e. The van der Waals surface area contributed by atoms with Crippen LogP contribution in [0.2, 0.25) is 0 Å². The number of amides is 1. The molecule has 2 atom stereocenters. The number of aryl methyl sites for hydroxylation is 1. The SMILES string of the molecule is CCc1nc(COc2ccc(C(=O)N3CCNC(C)C3C)cc2)no1. The molecule has 7 heteroatoms. The molecule has 2 aromatic rings. The highest BCUT2D eigenvalue weighted by molar-refractivity contribution is 5.94. The second-order valence-electron chi connectivity index (χ2n) is 6.25. The van der Waals surface area contributed by atoms with Gasteiger partial charge >= 0.3 is 0 Å². The lowest BCUT2D eigenvalue weighted by Gasteiger charge is -2.38. The summed E-state index contributed by atoms with van der Waals surface area (Å²) in [6, 6.07) is 7.65. The van der Waals surface area contributed by atoms with Crippen molar-refractivity contribution in [2.24, 2.45) is 0 Å². The summed E-state index contributed by atoms with van der Waals surface area (Å²) in [4.78, 5) is 18.8. The van der Waals surface area contributed by atoms with Crippen LogP contribution in [0.4, 0.5) is 0 Å². The summed E-state index contributed by atoms with van der Waals surface area (Å²) < 4.78 is 10.7. The number of piperazine rings is 1. The minimum Gasteiger partial charge on any atom is -0.485 e. The highest BCUT2D eigenvalue weighted by Gasteiger charge is 2.28. The molecule has 2 unspecified atom stereocenters. The number of benzene rings is 1. The molecule has 0 radical (unpaired) electrons. The van der Waals surface area contributed by atoms with Gasteiger partial charge < -0.3 is 19.5 Å². The predicted molar refractivity (Wildman–Crippen MR) is 92.4 cm³/mol. The van der Waals surface area contributed by atoms with E-state index in [-0.39, 0.29) is 18.6 Å². The Morgan fingerprint density at radius 1 is 1.36 bits per heavy atom. The molecule has 0 saturated carbocycles. The summed E-state index contributed by atoms with van der Waals surface area (Å²) in [6.45, 7) is 7.91. The summed E-state index contributed by atoms with van der Waals surface area (Å²) in [7, 11) is 0. The Kier molecular flexibility index (Phi) is 5.33. The predicted octanol–water partition coefficient (Wildman–Crippen LogP) is 2.03. The Morgan fingerprint density at radius 2 is 2.12 bits per heavy atom. The van der Waals surface area contributed by atoms with Crippen LogP contribution < -0.4 is 10.1 Å². The number of hydrogen-bond acceptors (Lipinski definition) is 6. The van der Waals surface area contributed by atoms with Gasteiger partial charge in [-0.1, -0.05) is 12.1 Å². The van der Waals surface area contributed by atoms with Gasteiger partial charge in [-0.2, -0.15) is 4.98 Å². The summed E-state index contributed by atoms with van der Waals surface area (Å²) in [6.07, 6.45) is 0.701. The third-order valence-corrected chi connectivity index (χ3v) is 4.58. The molecule has 1 N–H and O–H groups in total. The van der Waals surface area contributed by atoms with Crippen LogP contribution in [0, 0.1) is 0 Å². The molecule has 134 valence electrons. The van der Waals surface area contributed by atoms with Gasteiger partial charge in [-0.05, 0) is 38.1 Å². The zero-order valence-corrected chi connectivity index (χ0v) is 14.9. The van der Waals surface area contributed by atoms with E-state index in [9.17, 15) is 4.79 Å². The number of carbonyl (C=O) groups is 1. The van der Waals surface area contributed by atoms with Crippen molar-refractivity contribution in [2.75, 3.05) is 13.1 Å². The molecule has 2 heterocycles. The Balaban J connectivity index is 1.60. The van der Waals surface area contributed by atoms with E-state index in [2.05, 4.69) is 29.3 Å². The number of nitrogens with zero attached hydrogens (tertiary/aromatic N) is 3. The summed E-state index contributed by atoms with van der Waals surface area (Å²) >= 11 is 0. The van der Waals surface area contributed by atoms with Crippen molar-refractivity contribution < 1.29 is 14.1 Å². The first-order valence-electron chi connectivity index (χ1n) is 8.67. The van der Waals surface area contributed by atoms with Gasteiger partial charge in [0, 0.05) is 37.2 Å². The van der Waals surface area contributed by atoms with Crippen LogP contribution in [0.1, 0.15) is 42.8 Å². The highest BCUT2D eigenvalue weighted by atomic mass is 16.5. The molecule has 1 amide bonds. The second-order valence-corrected chi connectivity index (χ2v) is 6.25. The molecular formula is C18H24N4O3. The third-order valence-electron chi connectivity index (χ3n) is 4.58. The first-order chi connectivity index (χ1) is 12.1. The molecule has 1 aromatic heterocycles. The third kappa shape index (κ3) is 3.99. The Hall–Kier alpha value is -2.41. The van der Waals surface area contributed by atoms with Gasteiger partial charge in [0.2, 0.25) is 11.7 Å². The second kappa shape index (κ2) is 7.65. The van der Waals surface area contributed by atoms with Crippen molar-refractivity contribution in [1.82, 2.24) is 20.4 Å². The van der Waals surface area contributed by atoms with E-state index >= 15 is 0 Å². The van der Waals surface area contributed by atoms with Crippen LogP contribution in [0.5, 0.6) is 5.75 Å². The van der Waals surface area contributed by atoms with E-state index in [1.165, 1.54) is 0 Å². The fourth-order valence-corrected chi connectivity index (χ4v) is 2.84. The van der Waals surface area contributed by atoms with Gasteiger partial charge in [0.15, 0.2) is 6.61 Å². The fraction of sp³-hybridized carbons (Fsp3) is 0.500. The molecule has 1 aliphatic rings. The summed E-state index contributed by atoms with van der Waals surface area (Å²) in [5, 5.41) is 7.23. The zero-order chi connectivity index (χ0) is 17.8. The van der Waals surface area contributed by atoms with Crippen molar-refractivity contribution >= 4 is 5.91 Å². The summed E-state index contributed by atoms with van der Waals surface area (Å²) in [5.41, 5.74) is 0.668. The number of carbonyl (C=O) groups excluding carboxylic acids is 1. The number of rotatable bonds is 5.